The molecule has 0 heterocycles. The molecule has 0 aliphatic heterocycles. The molecule has 0 aromatic carbocycles. The Balaban J connectivity index is 3.18. The molecule has 8 heavy (non-hydrogen) atoms. The highest BCUT2D eigenvalue weighted by atomic mass is 35.5. The van der Waals surface area contributed by atoms with Crippen molar-refractivity contribution in [2.75, 3.05) is 0 Å². The Bertz CT molecular complexity index is 98.6. The Morgan fingerprint density at radius 2 is 1.88 bits per heavy atom. The van der Waals surface area contributed by atoms with Crippen LogP contribution in [0.5, 0.6) is 0 Å². The van der Waals surface area contributed by atoms with Crippen molar-refractivity contribution in [3.63, 3.8) is 0 Å². The van der Waals surface area contributed by atoms with E-state index in [1.54, 1.807) is 0 Å². The minimum absolute atomic E-state index is 1.41. The zero-order chi connectivity index (χ0) is 6.57. The van der Waals surface area contributed by atoms with Crippen LogP contribution in [0.4, 0.5) is 14.0 Å². The highest BCUT2D eigenvalue weighted by Crippen LogP contribution is 1.89. The fourth-order valence-electron chi connectivity index (χ4n) is 0.0655. The quantitative estimate of drug-likeness (QED) is 0.291. The highest BCUT2D eigenvalue weighted by Gasteiger charge is 2.02. The van der Waals surface area contributed by atoms with Gasteiger partial charge >= 0.3 is 11.7 Å². The van der Waals surface area contributed by atoms with Crippen LogP contribution in [0.1, 0.15) is 0 Å². The molecule has 0 amide bonds. The minimum Gasteiger partial charge on any atom is -0.227 e. The molecular formula is C2ClFO4. The van der Waals surface area contributed by atoms with Gasteiger partial charge in [0.05, 0.1) is 0 Å². The van der Waals surface area contributed by atoms with Crippen LogP contribution in [0, 0.1) is 0 Å². The van der Waals surface area contributed by atoms with Crippen LogP contribution in [0.25, 0.3) is 0 Å². The summed E-state index contributed by atoms with van der Waals surface area (Å²) in [7, 11) is 0. The molecule has 4 nitrogen and oxygen atoms in total. The fourth-order valence-corrected chi connectivity index (χ4v) is 0.0970. The van der Waals surface area contributed by atoms with Gasteiger partial charge in [-0.1, -0.05) is 0 Å². The summed E-state index contributed by atoms with van der Waals surface area (Å²) in [5.74, 6) is 0. The number of carbonyl (C=O) groups excluding carboxylic acids is 2. The standard InChI is InChI=1S/C2ClFO4/c3-1(5)7-8-2(4)6. The molecule has 6 heteroatoms. The van der Waals surface area contributed by atoms with Crippen molar-refractivity contribution in [1.29, 1.82) is 0 Å². The summed E-state index contributed by atoms with van der Waals surface area (Å²) in [4.78, 5) is 24.8. The summed E-state index contributed by atoms with van der Waals surface area (Å²) in [5, 5.41) is 0. The van der Waals surface area contributed by atoms with Crippen LogP contribution >= 0.6 is 11.6 Å². The molecule has 0 aliphatic carbocycles. The molecule has 0 N–H and O–H groups in total. The van der Waals surface area contributed by atoms with E-state index in [1.807, 2.05) is 0 Å². The third kappa shape index (κ3) is 5.16. The normalized spacial score (nSPS) is 7.75. The summed E-state index contributed by atoms with van der Waals surface area (Å²) < 4.78 is 10.9. The zero-order valence-corrected chi connectivity index (χ0v) is 4.14. The number of rotatable bonds is 0. The molecule has 0 spiro atoms. The first-order valence-electron chi connectivity index (χ1n) is 1.36. The summed E-state index contributed by atoms with van der Waals surface area (Å²) in [6, 6.07) is 0. The smallest absolute Gasteiger partial charge is 0.227 e. The lowest BCUT2D eigenvalue weighted by Crippen LogP contribution is -1.98. The van der Waals surface area contributed by atoms with E-state index in [0.29, 0.717) is 0 Å². The van der Waals surface area contributed by atoms with E-state index in [-0.39, 0.29) is 0 Å². The van der Waals surface area contributed by atoms with Gasteiger partial charge < -0.3 is 0 Å². The molecule has 0 fully saturated rings. The first kappa shape index (κ1) is 7.16. The maximum absolute atomic E-state index is 10.9. The molecule has 0 aromatic rings. The summed E-state index contributed by atoms with van der Waals surface area (Å²) >= 11 is 4.42. The SMILES string of the molecule is O=C(F)OOC(=O)Cl. The third-order valence-electron chi connectivity index (χ3n) is 0.173. The van der Waals surface area contributed by atoms with Gasteiger partial charge in [0.1, 0.15) is 0 Å². The van der Waals surface area contributed by atoms with Crippen LogP contribution in [-0.4, -0.2) is 11.7 Å². The van der Waals surface area contributed by atoms with E-state index < -0.39 is 11.7 Å². The summed E-state index contributed by atoms with van der Waals surface area (Å²) in [6.07, 6.45) is -2.22. The Morgan fingerprint density at radius 1 is 1.38 bits per heavy atom. The van der Waals surface area contributed by atoms with Crippen molar-refractivity contribution in [3.05, 3.63) is 0 Å². The van der Waals surface area contributed by atoms with Gasteiger partial charge in [-0.2, -0.15) is 0 Å². The molecule has 0 rings (SSSR count). The van der Waals surface area contributed by atoms with Gasteiger partial charge in [-0.15, -0.1) is 4.39 Å². The van der Waals surface area contributed by atoms with Crippen molar-refractivity contribution >= 4 is 23.3 Å². The van der Waals surface area contributed by atoms with Gasteiger partial charge in [-0.25, -0.2) is 19.4 Å². The van der Waals surface area contributed by atoms with Crippen molar-refractivity contribution in [2.45, 2.75) is 0 Å². The molecule has 0 saturated heterocycles. The average Bonchev–Trinajstić information content (AvgIpc) is 1.61. The lowest BCUT2D eigenvalue weighted by Gasteiger charge is -1.88. The Morgan fingerprint density at radius 3 is 2.00 bits per heavy atom. The van der Waals surface area contributed by atoms with E-state index in [1.165, 1.54) is 0 Å². The van der Waals surface area contributed by atoms with Gasteiger partial charge in [-0.3, -0.25) is 0 Å². The number of hydrogen-bond donors (Lipinski definition) is 0. The van der Waals surface area contributed by atoms with Crippen LogP contribution in [0.15, 0.2) is 0 Å². The van der Waals surface area contributed by atoms with Crippen molar-refractivity contribution in [2.24, 2.45) is 0 Å². The molecule has 46 valence electrons. The van der Waals surface area contributed by atoms with Gasteiger partial charge in [0.25, 0.3) is 0 Å². The molecule has 0 atom stereocenters. The Labute approximate surface area is 48.1 Å². The topological polar surface area (TPSA) is 52.6 Å². The molecule has 0 bridgehead atoms. The molecule has 0 radical (unpaired) electrons. The maximum atomic E-state index is 10.9. The van der Waals surface area contributed by atoms with Gasteiger partial charge in [-0.05, 0) is 0 Å². The lowest BCUT2D eigenvalue weighted by molar-refractivity contribution is -0.177. The predicted molar refractivity (Wildman–Crippen MR) is 19.9 cm³/mol. The monoisotopic (exact) mass is 142 g/mol. The van der Waals surface area contributed by atoms with E-state index in [9.17, 15) is 9.18 Å². The van der Waals surface area contributed by atoms with E-state index in [4.69, 9.17) is 4.79 Å². The minimum atomic E-state index is -2.22. The van der Waals surface area contributed by atoms with Crippen molar-refractivity contribution in [3.8, 4) is 0 Å². The first-order chi connectivity index (χ1) is 3.63. The largest absolute Gasteiger partial charge is 0.536 e. The van der Waals surface area contributed by atoms with Crippen LogP contribution in [0.2, 0.25) is 0 Å². The average molecular weight is 142 g/mol. The zero-order valence-electron chi connectivity index (χ0n) is 3.39. The fraction of sp³-hybridized carbons (Fsp3) is 0. The third-order valence-corrected chi connectivity index (χ3v) is 0.236. The van der Waals surface area contributed by atoms with Crippen LogP contribution in [0.3, 0.4) is 0 Å². The Kier molecular flexibility index (Phi) is 2.86. The molecular weight excluding hydrogens is 142 g/mol. The summed E-state index contributed by atoms with van der Waals surface area (Å²) in [5.41, 5.74) is -1.41. The van der Waals surface area contributed by atoms with Crippen molar-refractivity contribution < 1.29 is 23.8 Å². The Hall–Kier alpha value is -0.840. The molecule has 0 aromatic heterocycles. The van der Waals surface area contributed by atoms with Crippen LogP contribution < -0.4 is 0 Å². The van der Waals surface area contributed by atoms with Gasteiger partial charge in [0.2, 0.25) is 0 Å². The first-order valence-corrected chi connectivity index (χ1v) is 1.74. The second kappa shape index (κ2) is 3.20. The highest BCUT2D eigenvalue weighted by molar-refractivity contribution is 6.61. The molecule has 0 saturated carbocycles. The van der Waals surface area contributed by atoms with Crippen LogP contribution in [-0.2, 0) is 9.78 Å². The number of halogens is 2. The van der Waals surface area contributed by atoms with Gasteiger partial charge in [0, 0.05) is 11.6 Å². The number of carbonyl (C=O) groups is 2. The van der Waals surface area contributed by atoms with E-state index in [0.717, 1.165) is 0 Å². The van der Waals surface area contributed by atoms with E-state index in [2.05, 4.69) is 21.4 Å². The molecule has 0 unspecified atom stereocenters. The predicted octanol–water partition coefficient (Wildman–Crippen LogP) is 1.38. The molecule has 0 aliphatic rings. The second-order valence-corrected chi connectivity index (χ2v) is 0.951. The summed E-state index contributed by atoms with van der Waals surface area (Å²) in [6.45, 7) is 0. The second-order valence-electron chi connectivity index (χ2n) is 0.642. The lowest BCUT2D eigenvalue weighted by atomic mass is 11.5. The number of hydrogen-bond acceptors (Lipinski definition) is 4. The van der Waals surface area contributed by atoms with E-state index >= 15 is 0 Å². The maximum Gasteiger partial charge on any atom is 0.536 e. The van der Waals surface area contributed by atoms with Crippen molar-refractivity contribution in [1.82, 2.24) is 0 Å². The van der Waals surface area contributed by atoms with Gasteiger partial charge in [0.15, 0.2) is 0 Å².